The Morgan fingerprint density at radius 3 is 2.42 bits per heavy atom. The maximum Gasteiger partial charge on any atom is 0.220 e. The summed E-state index contributed by atoms with van der Waals surface area (Å²) in [6.45, 7) is 6.20. The third-order valence-electron chi connectivity index (χ3n) is 6.84. The normalized spacial score (nSPS) is 20.7. The number of benzene rings is 2. The van der Waals surface area contributed by atoms with Gasteiger partial charge in [-0.05, 0) is 68.0 Å². The lowest BCUT2D eigenvalue weighted by Crippen LogP contribution is -2.43. The van der Waals surface area contributed by atoms with Gasteiger partial charge >= 0.3 is 0 Å². The van der Waals surface area contributed by atoms with E-state index in [0.717, 1.165) is 31.6 Å². The molecule has 4 rings (SSSR count). The van der Waals surface area contributed by atoms with Gasteiger partial charge in [-0.2, -0.15) is 0 Å². The smallest absolute Gasteiger partial charge is 0.220 e. The summed E-state index contributed by atoms with van der Waals surface area (Å²) < 4.78 is 13.0. The molecule has 1 N–H and O–H groups in total. The number of rotatable bonds is 8. The average molecular weight is 424 g/mol. The Kier molecular flexibility index (Phi) is 7.71. The highest BCUT2D eigenvalue weighted by Crippen LogP contribution is 2.26. The second kappa shape index (κ2) is 10.9. The van der Waals surface area contributed by atoms with Crippen LogP contribution in [0.5, 0.6) is 0 Å². The summed E-state index contributed by atoms with van der Waals surface area (Å²) in [7, 11) is 0. The van der Waals surface area contributed by atoms with Gasteiger partial charge in [0.15, 0.2) is 0 Å². The largest absolute Gasteiger partial charge is 0.352 e. The number of hydrogen-bond donors (Lipinski definition) is 1. The number of hydrogen-bond acceptors (Lipinski definition) is 3. The first kappa shape index (κ1) is 22.0. The third-order valence-corrected chi connectivity index (χ3v) is 6.84. The quantitative estimate of drug-likeness (QED) is 0.691. The minimum Gasteiger partial charge on any atom is -0.352 e. The Morgan fingerprint density at radius 2 is 1.68 bits per heavy atom. The van der Waals surface area contributed by atoms with Gasteiger partial charge in [0, 0.05) is 38.6 Å². The molecule has 166 valence electrons. The van der Waals surface area contributed by atoms with Gasteiger partial charge in [-0.1, -0.05) is 42.5 Å². The number of carbonyl (C=O) groups excluding carboxylic acids is 1. The summed E-state index contributed by atoms with van der Waals surface area (Å²) in [5.41, 5.74) is 2.33. The zero-order valence-corrected chi connectivity index (χ0v) is 18.3. The van der Waals surface area contributed by atoms with E-state index in [2.05, 4.69) is 45.4 Å². The van der Waals surface area contributed by atoms with E-state index in [4.69, 9.17) is 0 Å². The Morgan fingerprint density at radius 1 is 0.935 bits per heavy atom. The monoisotopic (exact) mass is 423 g/mol. The fourth-order valence-electron chi connectivity index (χ4n) is 4.93. The van der Waals surface area contributed by atoms with Crippen LogP contribution < -0.4 is 5.32 Å². The molecule has 0 aromatic heterocycles. The lowest BCUT2D eigenvalue weighted by Gasteiger charge is -2.36. The molecule has 2 fully saturated rings. The molecular formula is C26H34FN3O. The molecule has 0 radical (unpaired) electrons. The second-order valence-electron chi connectivity index (χ2n) is 9.08. The number of nitrogens with one attached hydrogen (secondary N) is 1. The fourth-order valence-corrected chi connectivity index (χ4v) is 4.93. The number of carbonyl (C=O) groups is 1. The molecule has 0 aliphatic carbocycles. The molecule has 1 atom stereocenters. The van der Waals surface area contributed by atoms with Crippen molar-refractivity contribution >= 4 is 5.91 Å². The van der Waals surface area contributed by atoms with E-state index >= 15 is 0 Å². The summed E-state index contributed by atoms with van der Waals surface area (Å²) in [4.78, 5) is 17.4. The molecule has 0 bridgehead atoms. The van der Waals surface area contributed by atoms with E-state index in [9.17, 15) is 9.18 Å². The molecule has 1 amide bonds. The zero-order valence-electron chi connectivity index (χ0n) is 18.3. The van der Waals surface area contributed by atoms with Crippen LogP contribution in [0.2, 0.25) is 0 Å². The predicted octanol–water partition coefficient (Wildman–Crippen LogP) is 4.21. The van der Waals surface area contributed by atoms with Crippen molar-refractivity contribution in [1.82, 2.24) is 15.1 Å². The summed E-state index contributed by atoms with van der Waals surface area (Å²) >= 11 is 0. The summed E-state index contributed by atoms with van der Waals surface area (Å²) in [6.07, 6.45) is 5.21. The van der Waals surface area contributed by atoms with E-state index in [1.165, 1.54) is 50.0 Å². The van der Waals surface area contributed by atoms with Gasteiger partial charge in [0.1, 0.15) is 5.82 Å². The highest BCUT2D eigenvalue weighted by atomic mass is 19.1. The number of nitrogens with zero attached hydrogens (tertiary/aromatic N) is 2. The first-order chi connectivity index (χ1) is 15.2. The van der Waals surface area contributed by atoms with Crippen molar-refractivity contribution in [3.63, 3.8) is 0 Å². The first-order valence-corrected chi connectivity index (χ1v) is 11.7. The zero-order chi connectivity index (χ0) is 21.5. The number of likely N-dealkylation sites (tertiary alicyclic amines) is 2. The second-order valence-corrected chi connectivity index (χ2v) is 9.08. The fraction of sp³-hybridized carbons (Fsp3) is 0.500. The molecule has 2 aliphatic rings. The molecule has 2 aromatic rings. The molecule has 31 heavy (non-hydrogen) atoms. The standard InChI is InChI=1S/C26H34FN3O/c27-24-9-6-22(7-10-24)18-28-26(31)11-8-21-12-16-30(17-13-21)25-14-15-29(20-25)19-23-4-2-1-3-5-23/h1-7,9-10,21,25H,8,11-20H2,(H,28,31). The van der Waals surface area contributed by atoms with Crippen LogP contribution in [0.3, 0.4) is 0 Å². The van der Waals surface area contributed by atoms with Crippen molar-refractivity contribution in [3.05, 3.63) is 71.5 Å². The van der Waals surface area contributed by atoms with Crippen molar-refractivity contribution in [3.8, 4) is 0 Å². The van der Waals surface area contributed by atoms with Crippen LogP contribution in [-0.4, -0.2) is 47.9 Å². The van der Waals surface area contributed by atoms with Gasteiger partial charge < -0.3 is 5.32 Å². The predicted molar refractivity (Wildman–Crippen MR) is 122 cm³/mol. The van der Waals surface area contributed by atoms with Crippen LogP contribution in [0.25, 0.3) is 0 Å². The lowest BCUT2D eigenvalue weighted by atomic mass is 9.91. The maximum absolute atomic E-state index is 13.0. The van der Waals surface area contributed by atoms with E-state index in [-0.39, 0.29) is 11.7 Å². The Bertz CT molecular complexity index is 818. The molecule has 2 saturated heterocycles. The average Bonchev–Trinajstić information content (AvgIpc) is 3.27. The van der Waals surface area contributed by atoms with E-state index < -0.39 is 0 Å². The van der Waals surface area contributed by atoms with Crippen molar-refractivity contribution in [1.29, 1.82) is 0 Å². The number of amides is 1. The lowest BCUT2D eigenvalue weighted by molar-refractivity contribution is -0.121. The molecule has 4 nitrogen and oxygen atoms in total. The van der Waals surface area contributed by atoms with E-state index in [1.54, 1.807) is 12.1 Å². The highest BCUT2D eigenvalue weighted by Gasteiger charge is 2.30. The minimum atomic E-state index is -0.247. The molecule has 0 saturated carbocycles. The SMILES string of the molecule is O=C(CCC1CCN(C2CCN(Cc3ccccc3)C2)CC1)NCc1ccc(F)cc1. The first-order valence-electron chi connectivity index (χ1n) is 11.7. The van der Waals surface area contributed by atoms with Crippen LogP contribution >= 0.6 is 0 Å². The van der Waals surface area contributed by atoms with E-state index in [0.29, 0.717) is 24.9 Å². The van der Waals surface area contributed by atoms with Gasteiger partial charge in [-0.3, -0.25) is 14.6 Å². The highest BCUT2D eigenvalue weighted by molar-refractivity contribution is 5.75. The molecule has 2 heterocycles. The van der Waals surface area contributed by atoms with Crippen LogP contribution in [0.4, 0.5) is 4.39 Å². The number of piperidine rings is 1. The minimum absolute atomic E-state index is 0.0964. The Hall–Kier alpha value is -2.24. The van der Waals surface area contributed by atoms with Crippen LogP contribution in [-0.2, 0) is 17.9 Å². The van der Waals surface area contributed by atoms with Gasteiger partial charge in [-0.15, -0.1) is 0 Å². The van der Waals surface area contributed by atoms with Crippen LogP contribution in [0, 0.1) is 11.7 Å². The topological polar surface area (TPSA) is 35.6 Å². The van der Waals surface area contributed by atoms with Crippen molar-refractivity contribution in [2.75, 3.05) is 26.2 Å². The Balaban J connectivity index is 1.12. The van der Waals surface area contributed by atoms with Gasteiger partial charge in [0.25, 0.3) is 0 Å². The Labute approximate surface area is 185 Å². The summed E-state index contributed by atoms with van der Waals surface area (Å²) in [6, 6.07) is 17.7. The van der Waals surface area contributed by atoms with Gasteiger partial charge in [0.05, 0.1) is 0 Å². The number of halogens is 1. The van der Waals surface area contributed by atoms with Gasteiger partial charge in [0.2, 0.25) is 5.91 Å². The van der Waals surface area contributed by atoms with Crippen molar-refractivity contribution in [2.24, 2.45) is 5.92 Å². The summed E-state index contributed by atoms with van der Waals surface area (Å²) in [5.74, 6) is 0.497. The van der Waals surface area contributed by atoms with Crippen molar-refractivity contribution < 1.29 is 9.18 Å². The molecule has 1 unspecified atom stereocenters. The molecule has 2 aromatic carbocycles. The molecule has 0 spiro atoms. The maximum atomic E-state index is 13.0. The van der Waals surface area contributed by atoms with Crippen LogP contribution in [0.15, 0.2) is 54.6 Å². The molecular weight excluding hydrogens is 389 g/mol. The molecule has 5 heteroatoms. The van der Waals surface area contributed by atoms with E-state index in [1.807, 2.05) is 0 Å². The third kappa shape index (κ3) is 6.62. The summed E-state index contributed by atoms with van der Waals surface area (Å²) in [5, 5.41) is 2.96. The van der Waals surface area contributed by atoms with Crippen molar-refractivity contribution in [2.45, 2.75) is 51.2 Å². The van der Waals surface area contributed by atoms with Crippen LogP contribution in [0.1, 0.15) is 43.2 Å². The molecule has 2 aliphatic heterocycles. The van der Waals surface area contributed by atoms with Gasteiger partial charge in [-0.25, -0.2) is 4.39 Å².